The van der Waals surface area contributed by atoms with E-state index in [1.54, 1.807) is 0 Å². The highest BCUT2D eigenvalue weighted by molar-refractivity contribution is 5.72. The van der Waals surface area contributed by atoms with Gasteiger partial charge in [0.1, 0.15) is 5.82 Å². The number of hydrogen-bond acceptors (Lipinski definition) is 6. The Kier molecular flexibility index (Phi) is 5.92. The van der Waals surface area contributed by atoms with Gasteiger partial charge in [-0.25, -0.2) is 4.98 Å². The summed E-state index contributed by atoms with van der Waals surface area (Å²) < 4.78 is 0. The van der Waals surface area contributed by atoms with E-state index in [-0.39, 0.29) is 11.1 Å². The predicted octanol–water partition coefficient (Wildman–Crippen LogP) is 6.00. The minimum Gasteiger partial charge on any atom is -0.348 e. The molecule has 1 fully saturated rings. The first-order chi connectivity index (χ1) is 17.9. The van der Waals surface area contributed by atoms with Gasteiger partial charge in [-0.2, -0.15) is 4.98 Å². The molecule has 0 unspecified atom stereocenters. The molecule has 6 heteroatoms. The first-order valence-electron chi connectivity index (χ1n) is 13.2. The highest BCUT2D eigenvalue weighted by Crippen LogP contribution is 2.42. The average Bonchev–Trinajstić information content (AvgIpc) is 3.66. The second-order valence-electron chi connectivity index (χ2n) is 11.1. The molecule has 2 aliphatic rings. The van der Waals surface area contributed by atoms with E-state index in [0.717, 1.165) is 61.3 Å². The van der Waals surface area contributed by atoms with Crippen LogP contribution in [0.2, 0.25) is 0 Å². The lowest BCUT2D eigenvalue weighted by molar-refractivity contribution is 0.553. The maximum atomic E-state index is 6.35. The molecule has 0 amide bonds. The van der Waals surface area contributed by atoms with Gasteiger partial charge in [0.2, 0.25) is 5.95 Å². The van der Waals surface area contributed by atoms with Gasteiger partial charge in [0, 0.05) is 41.3 Å². The molecule has 0 bridgehead atoms. The summed E-state index contributed by atoms with van der Waals surface area (Å²) in [6, 6.07) is 23.2. The first kappa shape index (κ1) is 23.6. The Balaban J connectivity index is 1.24. The van der Waals surface area contributed by atoms with Crippen LogP contribution in [0.4, 0.5) is 17.5 Å². The van der Waals surface area contributed by atoms with Crippen molar-refractivity contribution in [1.82, 2.24) is 15.0 Å². The topological polar surface area (TPSA) is 80.0 Å². The maximum absolute atomic E-state index is 6.35. The monoisotopic (exact) mass is 490 g/mol. The minimum absolute atomic E-state index is 0.000191. The summed E-state index contributed by atoms with van der Waals surface area (Å²) in [5.74, 6) is 1.61. The molecular weight excluding hydrogens is 456 g/mol. The van der Waals surface area contributed by atoms with E-state index >= 15 is 0 Å². The fourth-order valence-corrected chi connectivity index (χ4v) is 5.24. The number of nitrogens with zero attached hydrogens (tertiary/aromatic N) is 4. The molecule has 188 valence electrons. The molecule has 1 saturated carbocycles. The van der Waals surface area contributed by atoms with Gasteiger partial charge < -0.3 is 16.0 Å². The number of nitrogens with one attached hydrogen (secondary N) is 1. The summed E-state index contributed by atoms with van der Waals surface area (Å²) in [5, 5.41) is 3.68. The van der Waals surface area contributed by atoms with E-state index in [0.29, 0.717) is 5.95 Å². The zero-order valence-electron chi connectivity index (χ0n) is 21.6. The van der Waals surface area contributed by atoms with E-state index in [1.165, 1.54) is 16.8 Å². The van der Waals surface area contributed by atoms with Crippen LogP contribution >= 0.6 is 0 Å². The van der Waals surface area contributed by atoms with Crippen LogP contribution in [0.1, 0.15) is 49.8 Å². The third-order valence-corrected chi connectivity index (χ3v) is 7.51. The van der Waals surface area contributed by atoms with Gasteiger partial charge in [-0.15, -0.1) is 0 Å². The smallest absolute Gasteiger partial charge is 0.225 e. The predicted molar refractivity (Wildman–Crippen MR) is 150 cm³/mol. The van der Waals surface area contributed by atoms with Crippen LogP contribution in [0, 0.1) is 0 Å². The molecule has 3 heterocycles. The van der Waals surface area contributed by atoms with Gasteiger partial charge in [-0.1, -0.05) is 54.6 Å². The summed E-state index contributed by atoms with van der Waals surface area (Å²) >= 11 is 0. The number of fused-ring (bicyclic) bond motifs is 1. The molecule has 2 aromatic carbocycles. The highest BCUT2D eigenvalue weighted by Gasteiger charge is 2.43. The summed E-state index contributed by atoms with van der Waals surface area (Å²) in [6.07, 6.45) is 9.15. The second kappa shape index (κ2) is 9.27. The number of rotatable bonds is 7. The van der Waals surface area contributed by atoms with Crippen molar-refractivity contribution in [3.63, 3.8) is 0 Å². The molecule has 4 aromatic rings. The first-order valence-corrected chi connectivity index (χ1v) is 13.2. The lowest BCUT2D eigenvalue weighted by atomic mass is 9.92. The third-order valence-electron chi connectivity index (χ3n) is 7.51. The Morgan fingerprint density at radius 3 is 2.62 bits per heavy atom. The van der Waals surface area contributed by atoms with E-state index in [1.807, 2.05) is 38.4 Å². The van der Waals surface area contributed by atoms with Crippen molar-refractivity contribution in [3.8, 4) is 11.3 Å². The summed E-state index contributed by atoms with van der Waals surface area (Å²) in [6.45, 7) is 5.02. The lowest BCUT2D eigenvalue weighted by Gasteiger charge is -2.31. The lowest BCUT2D eigenvalue weighted by Crippen LogP contribution is -2.30. The SMILES string of the molecule is CC(C)(N)c1cccc(CC2(Nc3nccc(N4CCCc5cnc(-c6ccccc6)cc54)n3)CC2)c1. The zero-order valence-corrected chi connectivity index (χ0v) is 21.6. The number of benzene rings is 2. The number of aromatic nitrogens is 3. The van der Waals surface area contributed by atoms with E-state index in [4.69, 9.17) is 15.7 Å². The van der Waals surface area contributed by atoms with Crippen molar-refractivity contribution in [1.29, 1.82) is 0 Å². The van der Waals surface area contributed by atoms with Crippen LogP contribution in [-0.4, -0.2) is 27.0 Å². The van der Waals surface area contributed by atoms with Gasteiger partial charge in [-0.3, -0.25) is 4.98 Å². The van der Waals surface area contributed by atoms with Crippen molar-refractivity contribution in [2.24, 2.45) is 5.73 Å². The van der Waals surface area contributed by atoms with E-state index in [9.17, 15) is 0 Å². The van der Waals surface area contributed by atoms with Crippen molar-refractivity contribution in [2.45, 2.75) is 57.0 Å². The minimum atomic E-state index is -0.349. The molecule has 6 rings (SSSR count). The Bertz CT molecular complexity index is 1400. The zero-order chi connectivity index (χ0) is 25.5. The Labute approximate surface area is 219 Å². The number of hydrogen-bond donors (Lipinski definition) is 2. The van der Waals surface area contributed by atoms with Crippen molar-refractivity contribution < 1.29 is 0 Å². The molecule has 3 N–H and O–H groups in total. The van der Waals surface area contributed by atoms with Crippen molar-refractivity contribution in [3.05, 3.63) is 95.8 Å². The Hall–Kier alpha value is -3.77. The van der Waals surface area contributed by atoms with Crippen LogP contribution < -0.4 is 16.0 Å². The van der Waals surface area contributed by atoms with Gasteiger partial charge in [0.15, 0.2) is 0 Å². The van der Waals surface area contributed by atoms with Crippen LogP contribution in [0.3, 0.4) is 0 Å². The largest absolute Gasteiger partial charge is 0.348 e. The van der Waals surface area contributed by atoms with Crippen molar-refractivity contribution in [2.75, 3.05) is 16.8 Å². The van der Waals surface area contributed by atoms with Gasteiger partial charge in [0.05, 0.1) is 5.69 Å². The van der Waals surface area contributed by atoms with Crippen LogP contribution in [0.15, 0.2) is 79.1 Å². The van der Waals surface area contributed by atoms with Crippen LogP contribution in [-0.2, 0) is 18.4 Å². The molecule has 0 atom stereocenters. The van der Waals surface area contributed by atoms with Crippen LogP contribution in [0.5, 0.6) is 0 Å². The van der Waals surface area contributed by atoms with Crippen molar-refractivity contribution >= 4 is 17.5 Å². The molecule has 0 saturated heterocycles. The summed E-state index contributed by atoms with van der Waals surface area (Å²) in [5.41, 5.74) is 13.0. The molecular formula is C31H34N6. The second-order valence-corrected chi connectivity index (χ2v) is 11.1. The molecule has 6 nitrogen and oxygen atoms in total. The maximum Gasteiger partial charge on any atom is 0.225 e. The van der Waals surface area contributed by atoms with E-state index < -0.39 is 0 Å². The molecule has 2 aromatic heterocycles. The average molecular weight is 491 g/mol. The molecule has 1 aliphatic carbocycles. The molecule has 37 heavy (non-hydrogen) atoms. The number of nitrogens with two attached hydrogens (primary N) is 1. The number of pyridine rings is 1. The molecule has 0 radical (unpaired) electrons. The molecule has 0 spiro atoms. The summed E-state index contributed by atoms with van der Waals surface area (Å²) in [7, 11) is 0. The van der Waals surface area contributed by atoms with E-state index in [2.05, 4.69) is 69.8 Å². The quantitative estimate of drug-likeness (QED) is 0.331. The Morgan fingerprint density at radius 2 is 1.84 bits per heavy atom. The fourth-order valence-electron chi connectivity index (χ4n) is 5.24. The fraction of sp³-hybridized carbons (Fsp3) is 0.323. The van der Waals surface area contributed by atoms with Gasteiger partial charge in [-0.05, 0) is 74.8 Å². The van der Waals surface area contributed by atoms with Gasteiger partial charge >= 0.3 is 0 Å². The number of aryl methyl sites for hydroxylation is 1. The normalized spacial score (nSPS) is 16.2. The Morgan fingerprint density at radius 1 is 1.00 bits per heavy atom. The number of anilines is 3. The van der Waals surface area contributed by atoms with Gasteiger partial charge in [0.25, 0.3) is 0 Å². The standard InChI is InChI=1S/C31H34N6/c1-30(2,32)25-12-6-8-22(18-25)20-31(14-15-31)36-29-33-16-13-28(35-29)37-17-7-11-24-21-34-26(19-27(24)37)23-9-4-3-5-10-23/h3-6,8-10,12-13,16,18-19,21H,7,11,14-15,17,20,32H2,1-2H3,(H,33,35,36). The third kappa shape index (κ3) is 5.07. The molecule has 1 aliphatic heterocycles. The highest BCUT2D eigenvalue weighted by atomic mass is 15.3. The van der Waals surface area contributed by atoms with Crippen LogP contribution in [0.25, 0.3) is 11.3 Å². The summed E-state index contributed by atoms with van der Waals surface area (Å²) in [4.78, 5) is 16.6.